The fourth-order valence-electron chi connectivity index (χ4n) is 1.19. The highest BCUT2D eigenvalue weighted by Crippen LogP contribution is 2.22. The first-order chi connectivity index (χ1) is 4.36. The second kappa shape index (κ2) is 3.43. The third-order valence-electron chi connectivity index (χ3n) is 1.82. The van der Waals surface area contributed by atoms with Crippen LogP contribution < -0.4 is 0 Å². The summed E-state index contributed by atoms with van der Waals surface area (Å²) in [5.41, 5.74) is 0. The first kappa shape index (κ1) is 7.36. The highest BCUT2D eigenvalue weighted by molar-refractivity contribution is 6.18. The van der Waals surface area contributed by atoms with Gasteiger partial charge in [-0.1, -0.05) is 6.92 Å². The van der Waals surface area contributed by atoms with E-state index in [1.165, 1.54) is 6.42 Å². The van der Waals surface area contributed by atoms with Gasteiger partial charge < -0.3 is 4.74 Å². The zero-order valence-corrected chi connectivity index (χ0v) is 6.53. The quantitative estimate of drug-likeness (QED) is 0.546. The third-order valence-corrected chi connectivity index (χ3v) is 2.17. The van der Waals surface area contributed by atoms with Crippen LogP contribution in [0.5, 0.6) is 0 Å². The molecular weight excluding hydrogens is 136 g/mol. The summed E-state index contributed by atoms with van der Waals surface area (Å²) < 4.78 is 5.53. The minimum atomic E-state index is 0.344. The molecule has 1 aliphatic heterocycles. The zero-order valence-electron chi connectivity index (χ0n) is 5.77. The summed E-state index contributed by atoms with van der Waals surface area (Å²) >= 11 is 5.61. The Morgan fingerprint density at radius 3 is 2.44 bits per heavy atom. The van der Waals surface area contributed by atoms with Crippen molar-refractivity contribution in [3.05, 3.63) is 0 Å². The fraction of sp³-hybridized carbons (Fsp3) is 1.00. The number of halogens is 1. The van der Waals surface area contributed by atoms with Gasteiger partial charge in [-0.25, -0.2) is 0 Å². The molecule has 1 fully saturated rings. The van der Waals surface area contributed by atoms with Crippen molar-refractivity contribution in [2.24, 2.45) is 0 Å². The number of hydrogen-bond acceptors (Lipinski definition) is 1. The second-order valence-corrected chi connectivity index (χ2v) is 2.83. The molecular formula is C7H13ClO. The van der Waals surface area contributed by atoms with Crippen molar-refractivity contribution >= 4 is 11.6 Å². The third kappa shape index (κ3) is 1.84. The van der Waals surface area contributed by atoms with E-state index in [4.69, 9.17) is 16.3 Å². The van der Waals surface area contributed by atoms with Crippen LogP contribution in [0.4, 0.5) is 0 Å². The van der Waals surface area contributed by atoms with E-state index in [1.807, 2.05) is 0 Å². The van der Waals surface area contributed by atoms with Crippen LogP contribution in [0.1, 0.15) is 26.2 Å². The van der Waals surface area contributed by atoms with Gasteiger partial charge in [0, 0.05) is 5.88 Å². The van der Waals surface area contributed by atoms with E-state index in [0.717, 1.165) is 12.8 Å². The summed E-state index contributed by atoms with van der Waals surface area (Å²) in [4.78, 5) is 0. The lowest BCUT2D eigenvalue weighted by atomic mass is 10.2. The molecule has 0 aromatic rings. The number of rotatable bonds is 2. The number of alkyl halides is 1. The standard InChI is InChI=1S/C7H13ClO/c1-2-6-3-4-7(5-8)9-6/h6-7H,2-5H2,1H3/t6-,7+/m1/s1. The molecule has 2 heteroatoms. The van der Waals surface area contributed by atoms with Gasteiger partial charge >= 0.3 is 0 Å². The minimum absolute atomic E-state index is 0.344. The lowest BCUT2D eigenvalue weighted by Gasteiger charge is -2.07. The second-order valence-electron chi connectivity index (χ2n) is 2.52. The van der Waals surface area contributed by atoms with Gasteiger partial charge in [-0.05, 0) is 19.3 Å². The topological polar surface area (TPSA) is 9.23 Å². The van der Waals surface area contributed by atoms with E-state index in [9.17, 15) is 0 Å². The van der Waals surface area contributed by atoms with E-state index in [2.05, 4.69) is 6.92 Å². The van der Waals surface area contributed by atoms with E-state index >= 15 is 0 Å². The lowest BCUT2D eigenvalue weighted by molar-refractivity contribution is 0.0558. The van der Waals surface area contributed by atoms with Crippen LogP contribution >= 0.6 is 11.6 Å². The molecule has 0 spiro atoms. The van der Waals surface area contributed by atoms with Gasteiger partial charge in [-0.15, -0.1) is 11.6 Å². The SMILES string of the molecule is CC[C@@H]1CC[C@@H](CCl)O1. The van der Waals surface area contributed by atoms with Crippen molar-refractivity contribution in [3.8, 4) is 0 Å². The Kier molecular flexibility index (Phi) is 2.80. The highest BCUT2D eigenvalue weighted by Gasteiger charge is 2.22. The highest BCUT2D eigenvalue weighted by atomic mass is 35.5. The average molecular weight is 149 g/mol. The normalized spacial score (nSPS) is 35.3. The monoisotopic (exact) mass is 148 g/mol. The molecule has 0 N–H and O–H groups in total. The average Bonchev–Trinajstić information content (AvgIpc) is 2.34. The molecule has 0 radical (unpaired) electrons. The van der Waals surface area contributed by atoms with Crippen LogP contribution in [-0.4, -0.2) is 18.1 Å². The molecule has 2 atom stereocenters. The van der Waals surface area contributed by atoms with Gasteiger partial charge in [0.1, 0.15) is 0 Å². The van der Waals surface area contributed by atoms with E-state index in [-0.39, 0.29) is 0 Å². The van der Waals surface area contributed by atoms with Crippen molar-refractivity contribution in [1.82, 2.24) is 0 Å². The molecule has 0 aliphatic carbocycles. The Morgan fingerprint density at radius 1 is 1.44 bits per heavy atom. The molecule has 54 valence electrons. The largest absolute Gasteiger partial charge is 0.374 e. The van der Waals surface area contributed by atoms with Crippen LogP contribution in [-0.2, 0) is 4.74 Å². The van der Waals surface area contributed by atoms with Crippen LogP contribution in [0, 0.1) is 0 Å². The smallest absolute Gasteiger partial charge is 0.0715 e. The molecule has 0 aromatic carbocycles. The molecule has 0 amide bonds. The molecule has 1 aliphatic rings. The van der Waals surface area contributed by atoms with Crippen molar-refractivity contribution in [3.63, 3.8) is 0 Å². The molecule has 9 heavy (non-hydrogen) atoms. The van der Waals surface area contributed by atoms with Gasteiger partial charge in [-0.3, -0.25) is 0 Å². The number of ether oxygens (including phenoxy) is 1. The van der Waals surface area contributed by atoms with Crippen LogP contribution in [0.2, 0.25) is 0 Å². The van der Waals surface area contributed by atoms with Gasteiger partial charge in [0.2, 0.25) is 0 Å². The van der Waals surface area contributed by atoms with E-state index < -0.39 is 0 Å². The van der Waals surface area contributed by atoms with Crippen molar-refractivity contribution in [1.29, 1.82) is 0 Å². The summed E-state index contributed by atoms with van der Waals surface area (Å²) in [5, 5.41) is 0. The minimum Gasteiger partial charge on any atom is -0.374 e. The van der Waals surface area contributed by atoms with Crippen molar-refractivity contribution in [2.75, 3.05) is 5.88 Å². The maximum Gasteiger partial charge on any atom is 0.0715 e. The van der Waals surface area contributed by atoms with Gasteiger partial charge in [-0.2, -0.15) is 0 Å². The Morgan fingerprint density at radius 2 is 2.11 bits per heavy atom. The Labute approximate surface area is 61.3 Å². The summed E-state index contributed by atoms with van der Waals surface area (Å²) in [6.45, 7) is 2.15. The van der Waals surface area contributed by atoms with Crippen molar-refractivity contribution in [2.45, 2.75) is 38.4 Å². The van der Waals surface area contributed by atoms with Crippen LogP contribution in [0.25, 0.3) is 0 Å². The molecule has 0 unspecified atom stereocenters. The van der Waals surface area contributed by atoms with E-state index in [1.54, 1.807) is 0 Å². The molecule has 1 rings (SSSR count). The van der Waals surface area contributed by atoms with Gasteiger partial charge in [0.05, 0.1) is 12.2 Å². The summed E-state index contributed by atoms with van der Waals surface area (Å²) in [5.74, 6) is 0.663. The first-order valence-electron chi connectivity index (χ1n) is 3.58. The Hall–Kier alpha value is 0.250. The summed E-state index contributed by atoms with van der Waals surface area (Å²) in [6.07, 6.45) is 4.33. The summed E-state index contributed by atoms with van der Waals surface area (Å²) in [6, 6.07) is 0. The predicted octanol–water partition coefficient (Wildman–Crippen LogP) is 2.18. The Bertz CT molecular complexity index is 75.0. The molecule has 0 aromatic heterocycles. The zero-order chi connectivity index (χ0) is 6.69. The van der Waals surface area contributed by atoms with Gasteiger partial charge in [0.25, 0.3) is 0 Å². The molecule has 0 saturated carbocycles. The summed E-state index contributed by atoms with van der Waals surface area (Å²) in [7, 11) is 0. The fourth-order valence-corrected chi connectivity index (χ4v) is 1.42. The first-order valence-corrected chi connectivity index (χ1v) is 4.11. The molecule has 1 nitrogen and oxygen atoms in total. The maximum absolute atomic E-state index is 5.61. The number of hydrogen-bond donors (Lipinski definition) is 0. The molecule has 1 saturated heterocycles. The predicted molar refractivity (Wildman–Crippen MR) is 38.9 cm³/mol. The molecule has 0 bridgehead atoms. The molecule has 1 heterocycles. The van der Waals surface area contributed by atoms with Crippen LogP contribution in [0.3, 0.4) is 0 Å². The lowest BCUT2D eigenvalue weighted by Crippen LogP contribution is -2.10. The van der Waals surface area contributed by atoms with Gasteiger partial charge in [0.15, 0.2) is 0 Å². The van der Waals surface area contributed by atoms with E-state index in [0.29, 0.717) is 18.1 Å². The van der Waals surface area contributed by atoms with Crippen LogP contribution in [0.15, 0.2) is 0 Å². The Balaban J connectivity index is 2.20. The van der Waals surface area contributed by atoms with Crippen molar-refractivity contribution < 1.29 is 4.74 Å². The maximum atomic E-state index is 5.61.